The van der Waals surface area contributed by atoms with Gasteiger partial charge in [0.05, 0.1) is 17.3 Å². The zero-order valence-corrected chi connectivity index (χ0v) is 8.73. The maximum Gasteiger partial charge on any atom is 0.113 e. The summed E-state index contributed by atoms with van der Waals surface area (Å²) in [6.45, 7) is 0. The Balaban J connectivity index is 2.39. The molecule has 0 aliphatic carbocycles. The first-order chi connectivity index (χ1) is 6.22. The van der Waals surface area contributed by atoms with Crippen molar-refractivity contribution in [2.24, 2.45) is 0 Å². The normalized spacial score (nSPS) is 19.9. The topological polar surface area (TPSA) is 15.3 Å². The van der Waals surface area contributed by atoms with Gasteiger partial charge in [0, 0.05) is 12.1 Å². The molecule has 0 fully saturated rings. The molecular weight excluding hydrogens is 207 g/mol. The molecule has 70 valence electrons. The summed E-state index contributed by atoms with van der Waals surface area (Å²) < 4.78 is 0. The SMILES string of the molecule is CN1c2cc(Cl)ccc2NC1CCl. The summed E-state index contributed by atoms with van der Waals surface area (Å²) in [6.07, 6.45) is 0.176. The van der Waals surface area contributed by atoms with Crippen LogP contribution in [0.4, 0.5) is 11.4 Å². The maximum atomic E-state index is 5.89. The molecule has 0 spiro atoms. The number of hydrogen-bond acceptors (Lipinski definition) is 2. The summed E-state index contributed by atoms with van der Waals surface area (Å²) in [5.41, 5.74) is 2.20. The lowest BCUT2D eigenvalue weighted by atomic mass is 10.3. The fourth-order valence-electron chi connectivity index (χ4n) is 1.50. The Morgan fingerprint density at radius 3 is 3.00 bits per heavy atom. The van der Waals surface area contributed by atoms with Crippen LogP contribution in [-0.2, 0) is 0 Å². The van der Waals surface area contributed by atoms with Crippen LogP contribution in [0.3, 0.4) is 0 Å². The van der Waals surface area contributed by atoms with Gasteiger partial charge in [0.2, 0.25) is 0 Å². The number of alkyl halides is 1. The predicted octanol–water partition coefficient (Wildman–Crippen LogP) is 2.77. The molecular formula is C9H10Cl2N2. The highest BCUT2D eigenvalue weighted by Crippen LogP contribution is 2.35. The number of fused-ring (bicyclic) bond motifs is 1. The minimum atomic E-state index is 0.176. The number of halogens is 2. The van der Waals surface area contributed by atoms with Gasteiger partial charge < -0.3 is 10.2 Å². The predicted molar refractivity (Wildman–Crippen MR) is 58.0 cm³/mol. The van der Waals surface area contributed by atoms with Crippen LogP contribution in [-0.4, -0.2) is 19.1 Å². The third kappa shape index (κ3) is 1.45. The van der Waals surface area contributed by atoms with Crippen molar-refractivity contribution in [3.05, 3.63) is 23.2 Å². The molecule has 0 aromatic heterocycles. The van der Waals surface area contributed by atoms with Crippen LogP contribution in [0.2, 0.25) is 5.02 Å². The third-order valence-electron chi connectivity index (χ3n) is 2.28. The number of hydrogen-bond donors (Lipinski definition) is 1. The first kappa shape index (κ1) is 8.97. The van der Waals surface area contributed by atoms with Crippen LogP contribution < -0.4 is 10.2 Å². The molecule has 0 saturated heterocycles. The number of nitrogens with one attached hydrogen (secondary N) is 1. The molecule has 1 aromatic carbocycles. The highest BCUT2D eigenvalue weighted by Gasteiger charge is 2.24. The van der Waals surface area contributed by atoms with E-state index in [1.165, 1.54) is 0 Å². The Labute approximate surface area is 87.4 Å². The highest BCUT2D eigenvalue weighted by molar-refractivity contribution is 6.31. The van der Waals surface area contributed by atoms with Gasteiger partial charge in [-0.1, -0.05) is 11.6 Å². The molecule has 1 heterocycles. The van der Waals surface area contributed by atoms with E-state index in [0.717, 1.165) is 16.4 Å². The van der Waals surface area contributed by atoms with Gasteiger partial charge >= 0.3 is 0 Å². The molecule has 1 aliphatic heterocycles. The summed E-state index contributed by atoms with van der Waals surface area (Å²) in [6, 6.07) is 5.79. The molecule has 1 N–H and O–H groups in total. The van der Waals surface area contributed by atoms with E-state index in [-0.39, 0.29) is 6.17 Å². The Morgan fingerprint density at radius 2 is 2.31 bits per heavy atom. The summed E-state index contributed by atoms with van der Waals surface area (Å²) in [4.78, 5) is 2.09. The van der Waals surface area contributed by atoms with Crippen LogP contribution in [0.1, 0.15) is 0 Å². The quantitative estimate of drug-likeness (QED) is 0.727. The molecule has 0 amide bonds. The van der Waals surface area contributed by atoms with Crippen LogP contribution in [0.25, 0.3) is 0 Å². The van der Waals surface area contributed by atoms with E-state index < -0.39 is 0 Å². The standard InChI is InChI=1S/C9H10Cl2N2/c1-13-8-4-6(11)2-3-7(8)12-9(13)5-10/h2-4,9,12H,5H2,1H3. The third-order valence-corrected chi connectivity index (χ3v) is 2.80. The molecule has 1 aromatic rings. The second-order valence-corrected chi connectivity index (χ2v) is 3.83. The van der Waals surface area contributed by atoms with Gasteiger partial charge in [0.1, 0.15) is 6.17 Å². The second kappa shape index (κ2) is 3.28. The molecule has 1 atom stereocenters. The number of benzene rings is 1. The minimum Gasteiger partial charge on any atom is -0.363 e. The largest absolute Gasteiger partial charge is 0.363 e. The Bertz CT molecular complexity index is 327. The van der Waals surface area contributed by atoms with E-state index in [1.807, 2.05) is 25.2 Å². The van der Waals surface area contributed by atoms with Crippen LogP contribution >= 0.6 is 23.2 Å². The lowest BCUT2D eigenvalue weighted by molar-refractivity contribution is 0.813. The Hall–Kier alpha value is -0.600. The first-order valence-electron chi connectivity index (χ1n) is 4.07. The van der Waals surface area contributed by atoms with E-state index >= 15 is 0 Å². The summed E-state index contributed by atoms with van der Waals surface area (Å²) in [7, 11) is 2.00. The van der Waals surface area contributed by atoms with Crippen molar-refractivity contribution in [2.75, 3.05) is 23.1 Å². The van der Waals surface area contributed by atoms with Crippen molar-refractivity contribution < 1.29 is 0 Å². The van der Waals surface area contributed by atoms with E-state index in [2.05, 4.69) is 10.2 Å². The molecule has 0 saturated carbocycles. The van der Waals surface area contributed by atoms with Crippen molar-refractivity contribution in [1.29, 1.82) is 0 Å². The van der Waals surface area contributed by atoms with Gasteiger partial charge in [-0.2, -0.15) is 0 Å². The fraction of sp³-hybridized carbons (Fsp3) is 0.333. The minimum absolute atomic E-state index is 0.176. The van der Waals surface area contributed by atoms with E-state index in [4.69, 9.17) is 23.2 Å². The number of rotatable bonds is 1. The molecule has 1 aliphatic rings. The van der Waals surface area contributed by atoms with E-state index in [0.29, 0.717) is 5.88 Å². The van der Waals surface area contributed by atoms with Crippen LogP contribution in [0, 0.1) is 0 Å². The average molecular weight is 217 g/mol. The first-order valence-corrected chi connectivity index (χ1v) is 4.98. The summed E-state index contributed by atoms with van der Waals surface area (Å²) in [5.74, 6) is 0.558. The molecule has 13 heavy (non-hydrogen) atoms. The Morgan fingerprint density at radius 1 is 1.54 bits per heavy atom. The maximum absolute atomic E-state index is 5.89. The van der Waals surface area contributed by atoms with Gasteiger partial charge in [-0.25, -0.2) is 0 Å². The number of nitrogens with zero attached hydrogens (tertiary/aromatic N) is 1. The van der Waals surface area contributed by atoms with Gasteiger partial charge in [-0.15, -0.1) is 11.6 Å². The van der Waals surface area contributed by atoms with Crippen molar-refractivity contribution >= 4 is 34.6 Å². The van der Waals surface area contributed by atoms with Gasteiger partial charge in [-0.3, -0.25) is 0 Å². The van der Waals surface area contributed by atoms with Gasteiger partial charge in [0.15, 0.2) is 0 Å². The molecule has 1 unspecified atom stereocenters. The highest BCUT2D eigenvalue weighted by atomic mass is 35.5. The molecule has 2 nitrogen and oxygen atoms in total. The molecule has 2 rings (SSSR count). The fourth-order valence-corrected chi connectivity index (χ4v) is 1.96. The van der Waals surface area contributed by atoms with E-state index in [1.54, 1.807) is 0 Å². The zero-order chi connectivity index (χ0) is 9.42. The van der Waals surface area contributed by atoms with Crippen molar-refractivity contribution in [3.63, 3.8) is 0 Å². The van der Waals surface area contributed by atoms with Crippen molar-refractivity contribution in [1.82, 2.24) is 0 Å². The van der Waals surface area contributed by atoms with Crippen LogP contribution in [0.5, 0.6) is 0 Å². The van der Waals surface area contributed by atoms with Gasteiger partial charge in [-0.05, 0) is 18.2 Å². The monoisotopic (exact) mass is 216 g/mol. The Kier molecular flexibility index (Phi) is 2.26. The lowest BCUT2D eigenvalue weighted by Crippen LogP contribution is -2.33. The van der Waals surface area contributed by atoms with Crippen molar-refractivity contribution in [3.8, 4) is 0 Å². The van der Waals surface area contributed by atoms with Crippen LogP contribution in [0.15, 0.2) is 18.2 Å². The molecule has 0 bridgehead atoms. The van der Waals surface area contributed by atoms with Crippen molar-refractivity contribution in [2.45, 2.75) is 6.17 Å². The average Bonchev–Trinajstić information content (AvgIpc) is 2.44. The molecule has 4 heteroatoms. The lowest BCUT2D eigenvalue weighted by Gasteiger charge is -2.19. The zero-order valence-electron chi connectivity index (χ0n) is 7.22. The van der Waals surface area contributed by atoms with E-state index in [9.17, 15) is 0 Å². The summed E-state index contributed by atoms with van der Waals surface area (Å²) >= 11 is 11.7. The van der Waals surface area contributed by atoms with Gasteiger partial charge in [0.25, 0.3) is 0 Å². The summed E-state index contributed by atoms with van der Waals surface area (Å²) in [5, 5.41) is 4.05. The molecule has 0 radical (unpaired) electrons. The number of anilines is 2. The smallest absolute Gasteiger partial charge is 0.113 e. The second-order valence-electron chi connectivity index (χ2n) is 3.09.